The number of ether oxygens (including phenoxy) is 1. The van der Waals surface area contributed by atoms with E-state index in [1.54, 1.807) is 30.3 Å². The highest BCUT2D eigenvalue weighted by atomic mass is 32.2. The van der Waals surface area contributed by atoms with E-state index in [2.05, 4.69) is 5.32 Å². The van der Waals surface area contributed by atoms with Gasteiger partial charge in [-0.2, -0.15) is 0 Å². The quantitative estimate of drug-likeness (QED) is 0.444. The molecule has 2 heterocycles. The number of esters is 1. The standard InChI is InChI=1S/C18H19N3O6S/c1-9(22)27-7-11-8-28-17-13(16(24)21(17)14(11)18(25)26)20-15(23)12(19)10-5-3-2-4-6-10/h2-6,12-13,17H,7-8,19H2,1H3,(H,20,23)(H,25,26)/t12?,13?,17-/m1/s1. The fourth-order valence-electron chi connectivity index (χ4n) is 3.04. The number of nitrogens with two attached hydrogens (primary N) is 1. The van der Waals surface area contributed by atoms with Gasteiger partial charge in [-0.25, -0.2) is 4.79 Å². The maximum Gasteiger partial charge on any atom is 0.352 e. The molecular weight excluding hydrogens is 386 g/mol. The minimum Gasteiger partial charge on any atom is -0.477 e. The Morgan fingerprint density at radius 2 is 2.04 bits per heavy atom. The van der Waals surface area contributed by atoms with Crippen LogP contribution in [-0.4, -0.2) is 57.5 Å². The Labute approximate surface area is 164 Å². The molecule has 4 N–H and O–H groups in total. The van der Waals surface area contributed by atoms with Crippen molar-refractivity contribution in [2.45, 2.75) is 24.4 Å². The van der Waals surface area contributed by atoms with Gasteiger partial charge in [0.15, 0.2) is 0 Å². The van der Waals surface area contributed by atoms with E-state index in [1.165, 1.54) is 18.7 Å². The zero-order valence-electron chi connectivity index (χ0n) is 15.0. The van der Waals surface area contributed by atoms with Gasteiger partial charge in [-0.1, -0.05) is 30.3 Å². The predicted molar refractivity (Wildman–Crippen MR) is 99.7 cm³/mol. The number of fused-ring (bicyclic) bond motifs is 1. The predicted octanol–water partition coefficient (Wildman–Crippen LogP) is -0.0119. The van der Waals surface area contributed by atoms with Crippen LogP contribution >= 0.6 is 11.8 Å². The Morgan fingerprint density at radius 3 is 2.64 bits per heavy atom. The number of nitrogens with zero attached hydrogens (tertiary/aromatic N) is 1. The summed E-state index contributed by atoms with van der Waals surface area (Å²) in [5.41, 5.74) is 6.69. The van der Waals surface area contributed by atoms with Crippen molar-refractivity contribution < 1.29 is 29.0 Å². The zero-order chi connectivity index (χ0) is 20.4. The molecule has 0 bridgehead atoms. The van der Waals surface area contributed by atoms with Gasteiger partial charge >= 0.3 is 11.9 Å². The summed E-state index contributed by atoms with van der Waals surface area (Å²) in [5, 5.41) is 11.6. The van der Waals surface area contributed by atoms with Crippen molar-refractivity contribution in [1.29, 1.82) is 0 Å². The fraction of sp³-hybridized carbons (Fsp3) is 0.333. The van der Waals surface area contributed by atoms with Gasteiger partial charge in [0.05, 0.1) is 0 Å². The average molecular weight is 405 g/mol. The molecule has 1 aromatic rings. The third-order valence-electron chi connectivity index (χ3n) is 4.44. The second-order valence-electron chi connectivity index (χ2n) is 6.32. The molecule has 1 saturated heterocycles. The Kier molecular flexibility index (Phi) is 5.71. The van der Waals surface area contributed by atoms with E-state index in [0.29, 0.717) is 11.1 Å². The number of rotatable bonds is 6. The number of carbonyl (C=O) groups is 4. The molecule has 2 amide bonds. The molecule has 2 unspecified atom stereocenters. The van der Waals surface area contributed by atoms with E-state index in [-0.39, 0.29) is 18.1 Å². The van der Waals surface area contributed by atoms with Gasteiger partial charge in [0.25, 0.3) is 5.91 Å². The van der Waals surface area contributed by atoms with Crippen molar-refractivity contribution in [3.8, 4) is 0 Å². The molecule has 3 rings (SSSR count). The summed E-state index contributed by atoms with van der Waals surface area (Å²) in [7, 11) is 0. The van der Waals surface area contributed by atoms with Crippen LogP contribution in [0, 0.1) is 0 Å². The molecule has 148 valence electrons. The third kappa shape index (κ3) is 3.73. The maximum absolute atomic E-state index is 12.5. The van der Waals surface area contributed by atoms with Gasteiger partial charge in [0.2, 0.25) is 5.91 Å². The molecule has 0 aliphatic carbocycles. The minimum atomic E-state index is -1.29. The molecule has 0 radical (unpaired) electrons. The molecule has 1 aromatic carbocycles. The SMILES string of the molecule is CC(=O)OCC1=C(C(=O)O)N2C(=O)C(NC(=O)C(N)c3ccccc3)[C@H]2SC1. The van der Waals surface area contributed by atoms with Crippen LogP contribution < -0.4 is 11.1 Å². The number of hydrogen-bond acceptors (Lipinski definition) is 7. The fourth-order valence-corrected chi connectivity index (χ4v) is 4.37. The van der Waals surface area contributed by atoms with Gasteiger partial charge in [-0.3, -0.25) is 19.3 Å². The second-order valence-corrected chi connectivity index (χ2v) is 7.43. The Bertz CT molecular complexity index is 856. The molecule has 0 aromatic heterocycles. The number of hydrogen-bond donors (Lipinski definition) is 3. The van der Waals surface area contributed by atoms with Gasteiger partial charge in [0, 0.05) is 18.2 Å². The van der Waals surface area contributed by atoms with Crippen molar-refractivity contribution in [2.24, 2.45) is 5.73 Å². The second kappa shape index (κ2) is 8.03. The van der Waals surface area contributed by atoms with E-state index in [1.807, 2.05) is 0 Å². The summed E-state index contributed by atoms with van der Waals surface area (Å²) >= 11 is 1.29. The normalized spacial score (nSPS) is 22.1. The number of β-lactam (4-membered cyclic amide) rings is 1. The first-order valence-corrected chi connectivity index (χ1v) is 9.50. The number of nitrogens with one attached hydrogen (secondary N) is 1. The highest BCUT2D eigenvalue weighted by molar-refractivity contribution is 8.00. The van der Waals surface area contributed by atoms with Crippen LogP contribution in [0.4, 0.5) is 0 Å². The van der Waals surface area contributed by atoms with Crippen molar-refractivity contribution >= 4 is 35.5 Å². The molecule has 10 heteroatoms. The number of carbonyl (C=O) groups excluding carboxylic acids is 3. The Morgan fingerprint density at radius 1 is 1.36 bits per heavy atom. The van der Waals surface area contributed by atoms with Gasteiger partial charge < -0.3 is 20.9 Å². The molecule has 0 spiro atoms. The lowest BCUT2D eigenvalue weighted by molar-refractivity contribution is -0.151. The zero-order valence-corrected chi connectivity index (χ0v) is 15.8. The van der Waals surface area contributed by atoms with Crippen LogP contribution in [0.25, 0.3) is 0 Å². The highest BCUT2D eigenvalue weighted by Gasteiger charge is 2.54. The number of thioether (sulfide) groups is 1. The molecule has 1 fully saturated rings. The van der Waals surface area contributed by atoms with Crippen molar-refractivity contribution in [1.82, 2.24) is 10.2 Å². The van der Waals surface area contributed by atoms with Crippen LogP contribution in [0.15, 0.2) is 41.6 Å². The first kappa shape index (κ1) is 19.9. The Balaban J connectivity index is 1.72. The molecular formula is C18H19N3O6S. The van der Waals surface area contributed by atoms with Crippen LogP contribution in [0.5, 0.6) is 0 Å². The lowest BCUT2D eigenvalue weighted by atomic mass is 10.0. The summed E-state index contributed by atoms with van der Waals surface area (Å²) in [6.45, 7) is 1.02. The number of carboxylic acids is 1. The summed E-state index contributed by atoms with van der Waals surface area (Å²) in [4.78, 5) is 48.7. The maximum atomic E-state index is 12.5. The minimum absolute atomic E-state index is 0.198. The topological polar surface area (TPSA) is 139 Å². The molecule has 2 aliphatic heterocycles. The van der Waals surface area contributed by atoms with Crippen molar-refractivity contribution in [3.63, 3.8) is 0 Å². The van der Waals surface area contributed by atoms with Crippen LogP contribution in [-0.2, 0) is 23.9 Å². The smallest absolute Gasteiger partial charge is 0.352 e. The summed E-state index contributed by atoms with van der Waals surface area (Å²) in [6, 6.07) is 6.92. The first-order chi connectivity index (χ1) is 13.3. The third-order valence-corrected chi connectivity index (χ3v) is 5.78. The van der Waals surface area contributed by atoms with E-state index < -0.39 is 41.2 Å². The lowest BCUT2D eigenvalue weighted by Crippen LogP contribution is -2.71. The van der Waals surface area contributed by atoms with Crippen LogP contribution in [0.2, 0.25) is 0 Å². The highest BCUT2D eigenvalue weighted by Crippen LogP contribution is 2.40. The molecule has 3 atom stereocenters. The van der Waals surface area contributed by atoms with Crippen LogP contribution in [0.3, 0.4) is 0 Å². The monoisotopic (exact) mass is 405 g/mol. The van der Waals surface area contributed by atoms with Crippen LogP contribution in [0.1, 0.15) is 18.5 Å². The number of amides is 2. The Hall–Kier alpha value is -2.85. The van der Waals surface area contributed by atoms with Crippen molar-refractivity contribution in [2.75, 3.05) is 12.4 Å². The van der Waals surface area contributed by atoms with E-state index in [9.17, 15) is 24.3 Å². The summed E-state index contributed by atoms with van der Waals surface area (Å²) in [6.07, 6.45) is 0. The van der Waals surface area contributed by atoms with E-state index >= 15 is 0 Å². The summed E-state index contributed by atoms with van der Waals surface area (Å²) < 4.78 is 4.88. The summed E-state index contributed by atoms with van der Waals surface area (Å²) in [5.74, 6) is -2.62. The van der Waals surface area contributed by atoms with E-state index in [4.69, 9.17) is 10.5 Å². The first-order valence-electron chi connectivity index (χ1n) is 8.45. The van der Waals surface area contributed by atoms with Gasteiger partial charge in [-0.05, 0) is 5.56 Å². The van der Waals surface area contributed by atoms with Gasteiger partial charge in [-0.15, -0.1) is 11.8 Å². The van der Waals surface area contributed by atoms with E-state index in [0.717, 1.165) is 4.90 Å². The molecule has 9 nitrogen and oxygen atoms in total. The average Bonchev–Trinajstić information content (AvgIpc) is 2.69. The lowest BCUT2D eigenvalue weighted by Gasteiger charge is -2.49. The number of carboxylic acid groups (broad SMARTS) is 1. The molecule has 2 aliphatic rings. The molecule has 0 saturated carbocycles. The van der Waals surface area contributed by atoms with Crippen molar-refractivity contribution in [3.05, 3.63) is 47.2 Å². The van der Waals surface area contributed by atoms with Gasteiger partial charge in [0.1, 0.15) is 29.8 Å². The molecule has 28 heavy (non-hydrogen) atoms. The largest absolute Gasteiger partial charge is 0.477 e. The number of benzene rings is 1. The number of aliphatic carboxylic acids is 1.